The van der Waals surface area contributed by atoms with Gasteiger partial charge in [0.05, 0.1) is 0 Å². The Labute approximate surface area is 89.3 Å². The van der Waals surface area contributed by atoms with Crippen LogP contribution in [-0.2, 0) is 0 Å². The highest BCUT2D eigenvalue weighted by atomic mass is 19.1. The number of halogens is 1. The molecule has 0 bridgehead atoms. The van der Waals surface area contributed by atoms with Gasteiger partial charge in [-0.15, -0.1) is 0 Å². The lowest BCUT2D eigenvalue weighted by atomic mass is 9.80. The fourth-order valence-electron chi connectivity index (χ4n) is 1.52. The van der Waals surface area contributed by atoms with Gasteiger partial charge in [0.2, 0.25) is 0 Å². The normalized spacial score (nSPS) is 10.2. The number of benzene rings is 1. The van der Waals surface area contributed by atoms with E-state index in [-0.39, 0.29) is 5.46 Å². The third kappa shape index (κ3) is 2.94. The Morgan fingerprint density at radius 2 is 1.80 bits per heavy atom. The highest BCUT2D eigenvalue weighted by Gasteiger charge is 2.14. The summed E-state index contributed by atoms with van der Waals surface area (Å²) in [5.74, 6) is -0.456. The maximum absolute atomic E-state index is 13.2. The average Bonchev–Trinajstić information content (AvgIpc) is 2.18. The summed E-state index contributed by atoms with van der Waals surface area (Å²) in [5, 5.41) is 17.9. The highest BCUT2D eigenvalue weighted by Crippen LogP contribution is 2.13. The van der Waals surface area contributed by atoms with E-state index in [4.69, 9.17) is 10.0 Å². The molecule has 0 amide bonds. The van der Waals surface area contributed by atoms with Crippen LogP contribution in [0.2, 0.25) is 0 Å². The van der Waals surface area contributed by atoms with Crippen LogP contribution in [0, 0.1) is 5.82 Å². The molecule has 0 heterocycles. The second kappa shape index (κ2) is 5.14. The second-order valence-electron chi connectivity index (χ2n) is 3.29. The third-order valence-corrected chi connectivity index (χ3v) is 2.33. The molecule has 0 atom stereocenters. The van der Waals surface area contributed by atoms with Gasteiger partial charge >= 0.3 is 7.12 Å². The molecule has 0 aliphatic heterocycles. The predicted molar refractivity (Wildman–Crippen MR) is 59.8 cm³/mol. The number of hydrogen-bond acceptors (Lipinski definition) is 3. The van der Waals surface area contributed by atoms with Crippen molar-refractivity contribution in [3.05, 3.63) is 24.0 Å². The summed E-state index contributed by atoms with van der Waals surface area (Å²) < 4.78 is 13.2. The Morgan fingerprint density at radius 3 is 2.27 bits per heavy atom. The van der Waals surface area contributed by atoms with E-state index in [0.717, 1.165) is 19.2 Å². The molecule has 5 heteroatoms. The highest BCUT2D eigenvalue weighted by molar-refractivity contribution is 6.58. The summed E-state index contributed by atoms with van der Waals surface area (Å²) >= 11 is 0. The zero-order valence-corrected chi connectivity index (χ0v) is 8.94. The lowest BCUT2D eigenvalue weighted by Gasteiger charge is -2.21. The third-order valence-electron chi connectivity index (χ3n) is 2.33. The van der Waals surface area contributed by atoms with Gasteiger partial charge in [-0.1, -0.05) is 0 Å². The molecule has 1 rings (SSSR count). The van der Waals surface area contributed by atoms with Crippen LogP contribution in [0.15, 0.2) is 18.2 Å². The fourth-order valence-corrected chi connectivity index (χ4v) is 1.52. The minimum Gasteiger partial charge on any atom is -0.423 e. The van der Waals surface area contributed by atoms with Crippen LogP contribution in [-0.4, -0.2) is 30.3 Å². The summed E-state index contributed by atoms with van der Waals surface area (Å²) in [7, 11) is -1.63. The number of rotatable bonds is 4. The van der Waals surface area contributed by atoms with Crippen LogP contribution in [0.3, 0.4) is 0 Å². The molecule has 0 fully saturated rings. The molecule has 0 aromatic heterocycles. The van der Waals surface area contributed by atoms with Gasteiger partial charge < -0.3 is 14.9 Å². The molecule has 1 aromatic rings. The molecule has 0 unspecified atom stereocenters. The molecule has 0 radical (unpaired) electrons. The maximum atomic E-state index is 13.2. The smallest absolute Gasteiger partial charge is 0.423 e. The Kier molecular flexibility index (Phi) is 4.11. The van der Waals surface area contributed by atoms with Crippen LogP contribution >= 0.6 is 0 Å². The first-order valence-electron chi connectivity index (χ1n) is 5.00. The van der Waals surface area contributed by atoms with Crippen molar-refractivity contribution in [1.29, 1.82) is 0 Å². The molecular weight excluding hydrogens is 196 g/mol. The number of nitrogens with zero attached hydrogens (tertiary/aromatic N) is 1. The molecule has 1 aromatic carbocycles. The zero-order valence-electron chi connectivity index (χ0n) is 8.94. The van der Waals surface area contributed by atoms with Crippen molar-refractivity contribution in [2.24, 2.45) is 0 Å². The summed E-state index contributed by atoms with van der Waals surface area (Å²) in [5.41, 5.74) is 0.847. The van der Waals surface area contributed by atoms with Gasteiger partial charge in [0.25, 0.3) is 0 Å². The van der Waals surface area contributed by atoms with E-state index in [9.17, 15) is 4.39 Å². The summed E-state index contributed by atoms with van der Waals surface area (Å²) in [6.45, 7) is 5.43. The molecule has 0 aliphatic rings. The van der Waals surface area contributed by atoms with E-state index in [1.807, 2.05) is 18.7 Å². The fraction of sp³-hybridized carbons (Fsp3) is 0.400. The van der Waals surface area contributed by atoms with Crippen molar-refractivity contribution < 1.29 is 14.4 Å². The minimum atomic E-state index is -1.63. The minimum absolute atomic E-state index is 0.178. The van der Waals surface area contributed by atoms with Crippen molar-refractivity contribution in [1.82, 2.24) is 0 Å². The van der Waals surface area contributed by atoms with Gasteiger partial charge in [0.15, 0.2) is 0 Å². The van der Waals surface area contributed by atoms with Crippen LogP contribution < -0.4 is 10.4 Å². The second-order valence-corrected chi connectivity index (χ2v) is 3.29. The molecule has 0 spiro atoms. The zero-order chi connectivity index (χ0) is 11.4. The lowest BCUT2D eigenvalue weighted by molar-refractivity contribution is 0.425. The molecule has 0 saturated heterocycles. The summed E-state index contributed by atoms with van der Waals surface area (Å²) in [4.78, 5) is 1.94. The largest absolute Gasteiger partial charge is 0.488 e. The first kappa shape index (κ1) is 12.0. The Balaban J connectivity index is 3.07. The molecule has 82 valence electrons. The molecule has 0 aliphatic carbocycles. The summed E-state index contributed by atoms with van der Waals surface area (Å²) in [6, 6.07) is 4.09. The summed E-state index contributed by atoms with van der Waals surface area (Å²) in [6.07, 6.45) is 0. The van der Waals surface area contributed by atoms with E-state index in [1.165, 1.54) is 6.07 Å². The van der Waals surface area contributed by atoms with Crippen LogP contribution in [0.1, 0.15) is 13.8 Å². The van der Waals surface area contributed by atoms with Gasteiger partial charge in [-0.05, 0) is 37.5 Å². The van der Waals surface area contributed by atoms with E-state index in [2.05, 4.69) is 0 Å². The first-order valence-corrected chi connectivity index (χ1v) is 5.00. The van der Waals surface area contributed by atoms with E-state index < -0.39 is 12.9 Å². The van der Waals surface area contributed by atoms with Gasteiger partial charge in [0.1, 0.15) is 5.82 Å². The molecule has 0 saturated carbocycles. The molecular formula is C10H15BFNO2. The van der Waals surface area contributed by atoms with Gasteiger partial charge in [-0.25, -0.2) is 4.39 Å². The molecule has 3 nitrogen and oxygen atoms in total. The lowest BCUT2D eigenvalue weighted by Crippen LogP contribution is -2.32. The Morgan fingerprint density at radius 1 is 1.20 bits per heavy atom. The van der Waals surface area contributed by atoms with Crippen LogP contribution in [0.25, 0.3) is 0 Å². The number of anilines is 1. The van der Waals surface area contributed by atoms with Crippen LogP contribution in [0.5, 0.6) is 0 Å². The van der Waals surface area contributed by atoms with Crippen molar-refractivity contribution >= 4 is 18.3 Å². The maximum Gasteiger partial charge on any atom is 0.488 e. The predicted octanol–water partition coefficient (Wildman–Crippen LogP) is 0.352. The quantitative estimate of drug-likeness (QED) is 0.706. The first-order chi connectivity index (χ1) is 7.08. The molecule has 2 N–H and O–H groups in total. The van der Waals surface area contributed by atoms with Crippen molar-refractivity contribution in [2.45, 2.75) is 13.8 Å². The molecule has 15 heavy (non-hydrogen) atoms. The monoisotopic (exact) mass is 211 g/mol. The Bertz CT molecular complexity index is 329. The Hall–Kier alpha value is -1.07. The van der Waals surface area contributed by atoms with Crippen molar-refractivity contribution in [3.63, 3.8) is 0 Å². The standard InChI is InChI=1S/C10H15BFNO2/c1-3-13(4-2)10-6-8(11(14)15)5-9(12)7-10/h5-7,14-15H,3-4H2,1-2H3. The van der Waals surface area contributed by atoms with E-state index >= 15 is 0 Å². The van der Waals surface area contributed by atoms with E-state index in [0.29, 0.717) is 5.69 Å². The van der Waals surface area contributed by atoms with Crippen molar-refractivity contribution in [3.8, 4) is 0 Å². The SMILES string of the molecule is CCN(CC)c1cc(F)cc(B(O)O)c1. The van der Waals surface area contributed by atoms with Gasteiger partial charge in [-0.2, -0.15) is 0 Å². The van der Waals surface area contributed by atoms with Gasteiger partial charge in [0, 0.05) is 18.8 Å². The van der Waals surface area contributed by atoms with E-state index in [1.54, 1.807) is 6.07 Å². The average molecular weight is 211 g/mol. The van der Waals surface area contributed by atoms with Crippen molar-refractivity contribution in [2.75, 3.05) is 18.0 Å². The number of hydrogen-bond donors (Lipinski definition) is 2. The topological polar surface area (TPSA) is 43.7 Å². The van der Waals surface area contributed by atoms with Gasteiger partial charge in [-0.3, -0.25) is 0 Å². The van der Waals surface area contributed by atoms with Crippen LogP contribution in [0.4, 0.5) is 10.1 Å².